The van der Waals surface area contributed by atoms with Crippen molar-refractivity contribution in [2.24, 2.45) is 0 Å². The fourth-order valence-corrected chi connectivity index (χ4v) is 2.89. The first-order valence-corrected chi connectivity index (χ1v) is 6.74. The molecule has 1 N–H and O–H groups in total. The van der Waals surface area contributed by atoms with Crippen molar-refractivity contribution < 1.29 is 19.1 Å². The largest absolute Gasteiger partial charge is 0.479 e. The summed E-state index contributed by atoms with van der Waals surface area (Å²) in [6.45, 7) is 3.88. The molecule has 1 aliphatic heterocycles. The highest BCUT2D eigenvalue weighted by Gasteiger charge is 2.48. The summed E-state index contributed by atoms with van der Waals surface area (Å²) >= 11 is 0. The van der Waals surface area contributed by atoms with E-state index in [9.17, 15) is 19.1 Å². The molecule has 5 heteroatoms. The molecule has 0 spiro atoms. The smallest absolute Gasteiger partial charge is 0.329 e. The zero-order valence-electron chi connectivity index (χ0n) is 11.6. The van der Waals surface area contributed by atoms with Crippen LogP contribution in [0.1, 0.15) is 42.1 Å². The molecule has 0 aliphatic carbocycles. The van der Waals surface area contributed by atoms with E-state index in [1.54, 1.807) is 13.8 Å². The first-order valence-electron chi connectivity index (χ1n) is 6.74. The Kier molecular flexibility index (Phi) is 3.79. The Morgan fingerprint density at radius 2 is 2.15 bits per heavy atom. The van der Waals surface area contributed by atoms with Crippen molar-refractivity contribution in [2.75, 3.05) is 6.54 Å². The Morgan fingerprint density at radius 1 is 1.45 bits per heavy atom. The van der Waals surface area contributed by atoms with Crippen LogP contribution in [0.5, 0.6) is 0 Å². The van der Waals surface area contributed by atoms with Crippen molar-refractivity contribution in [3.8, 4) is 0 Å². The van der Waals surface area contributed by atoms with Crippen molar-refractivity contribution in [1.82, 2.24) is 4.90 Å². The minimum atomic E-state index is -1.16. The number of carboxylic acid groups (broad SMARTS) is 1. The van der Waals surface area contributed by atoms with E-state index >= 15 is 0 Å². The molecule has 1 aromatic carbocycles. The van der Waals surface area contributed by atoms with Crippen molar-refractivity contribution in [1.29, 1.82) is 0 Å². The monoisotopic (exact) mass is 279 g/mol. The van der Waals surface area contributed by atoms with Gasteiger partial charge in [0.1, 0.15) is 11.4 Å². The second-order valence-corrected chi connectivity index (χ2v) is 5.21. The van der Waals surface area contributed by atoms with Gasteiger partial charge in [-0.25, -0.2) is 9.18 Å². The highest BCUT2D eigenvalue weighted by Crippen LogP contribution is 2.34. The molecule has 1 amide bonds. The van der Waals surface area contributed by atoms with Crippen LogP contribution in [0, 0.1) is 12.7 Å². The summed E-state index contributed by atoms with van der Waals surface area (Å²) in [4.78, 5) is 25.6. The third kappa shape index (κ3) is 2.17. The zero-order valence-corrected chi connectivity index (χ0v) is 11.6. The van der Waals surface area contributed by atoms with E-state index in [-0.39, 0.29) is 5.56 Å². The predicted octanol–water partition coefficient (Wildman–Crippen LogP) is 2.60. The summed E-state index contributed by atoms with van der Waals surface area (Å²) in [5.74, 6) is -1.88. The van der Waals surface area contributed by atoms with Gasteiger partial charge in [0.25, 0.3) is 5.91 Å². The third-order valence-corrected chi connectivity index (χ3v) is 4.15. The zero-order chi connectivity index (χ0) is 14.9. The molecule has 4 nitrogen and oxygen atoms in total. The Balaban J connectivity index is 2.42. The molecular weight excluding hydrogens is 261 g/mol. The number of aryl methyl sites for hydroxylation is 1. The van der Waals surface area contributed by atoms with Gasteiger partial charge in [0.15, 0.2) is 0 Å². The number of aliphatic carboxylic acids is 1. The molecule has 0 aromatic heterocycles. The van der Waals surface area contributed by atoms with Gasteiger partial charge in [-0.3, -0.25) is 4.79 Å². The SMILES string of the molecule is CCC1(C(=O)O)CCCN1C(=O)c1cc(F)ccc1C. The normalized spacial score (nSPS) is 22.1. The van der Waals surface area contributed by atoms with E-state index in [2.05, 4.69) is 0 Å². The molecule has 0 bridgehead atoms. The van der Waals surface area contributed by atoms with Crippen LogP contribution in [-0.2, 0) is 4.79 Å². The maximum atomic E-state index is 13.3. The van der Waals surface area contributed by atoms with Crippen LogP contribution >= 0.6 is 0 Å². The lowest BCUT2D eigenvalue weighted by Gasteiger charge is -2.34. The predicted molar refractivity (Wildman–Crippen MR) is 72.1 cm³/mol. The second-order valence-electron chi connectivity index (χ2n) is 5.21. The fourth-order valence-electron chi connectivity index (χ4n) is 2.89. The molecule has 1 heterocycles. The van der Waals surface area contributed by atoms with Gasteiger partial charge in [-0.2, -0.15) is 0 Å². The number of rotatable bonds is 3. The van der Waals surface area contributed by atoms with E-state index < -0.39 is 23.2 Å². The molecule has 1 fully saturated rings. The number of carbonyl (C=O) groups is 2. The number of amides is 1. The van der Waals surface area contributed by atoms with Gasteiger partial charge < -0.3 is 10.0 Å². The second kappa shape index (κ2) is 5.23. The summed E-state index contributed by atoms with van der Waals surface area (Å²) < 4.78 is 13.3. The summed E-state index contributed by atoms with van der Waals surface area (Å²) in [6.07, 6.45) is 1.45. The van der Waals surface area contributed by atoms with Gasteiger partial charge in [-0.05, 0) is 43.9 Å². The Hall–Kier alpha value is -1.91. The van der Waals surface area contributed by atoms with E-state index in [4.69, 9.17) is 0 Å². The van der Waals surface area contributed by atoms with Crippen LogP contribution in [0.25, 0.3) is 0 Å². The number of hydrogen-bond acceptors (Lipinski definition) is 2. The minimum absolute atomic E-state index is 0.242. The molecule has 0 saturated carbocycles. The summed E-state index contributed by atoms with van der Waals surface area (Å²) in [6, 6.07) is 4.01. The first-order chi connectivity index (χ1) is 9.42. The standard InChI is InChI=1S/C15H18FNO3/c1-3-15(14(19)20)7-4-8-17(15)13(18)12-9-11(16)6-5-10(12)2/h5-6,9H,3-4,7-8H2,1-2H3,(H,19,20). The number of likely N-dealkylation sites (tertiary alicyclic amines) is 1. The number of hydrogen-bond donors (Lipinski definition) is 1. The molecule has 1 aromatic rings. The maximum Gasteiger partial charge on any atom is 0.329 e. The molecule has 1 unspecified atom stereocenters. The number of halogens is 1. The molecule has 1 aliphatic rings. The van der Waals surface area contributed by atoms with Gasteiger partial charge in [-0.15, -0.1) is 0 Å². The number of nitrogens with zero attached hydrogens (tertiary/aromatic N) is 1. The highest BCUT2D eigenvalue weighted by molar-refractivity contribution is 5.99. The average molecular weight is 279 g/mol. The van der Waals surface area contributed by atoms with Gasteiger partial charge >= 0.3 is 5.97 Å². The number of benzene rings is 1. The first kappa shape index (κ1) is 14.5. The Morgan fingerprint density at radius 3 is 2.75 bits per heavy atom. The van der Waals surface area contributed by atoms with Gasteiger partial charge in [-0.1, -0.05) is 13.0 Å². The Labute approximate surface area is 117 Å². The molecule has 20 heavy (non-hydrogen) atoms. The fraction of sp³-hybridized carbons (Fsp3) is 0.467. The van der Waals surface area contributed by atoms with Crippen LogP contribution in [0.3, 0.4) is 0 Å². The van der Waals surface area contributed by atoms with Gasteiger partial charge in [0.05, 0.1) is 0 Å². The van der Waals surface area contributed by atoms with Gasteiger partial charge in [0.2, 0.25) is 0 Å². The topological polar surface area (TPSA) is 57.6 Å². The summed E-state index contributed by atoms with van der Waals surface area (Å²) in [5.41, 5.74) is -0.264. The lowest BCUT2D eigenvalue weighted by atomic mass is 9.92. The maximum absolute atomic E-state index is 13.3. The molecule has 1 saturated heterocycles. The van der Waals surface area contributed by atoms with Crippen molar-refractivity contribution >= 4 is 11.9 Å². The van der Waals surface area contributed by atoms with Crippen molar-refractivity contribution in [2.45, 2.75) is 38.6 Å². The van der Waals surface area contributed by atoms with Crippen LogP contribution in [0.15, 0.2) is 18.2 Å². The van der Waals surface area contributed by atoms with E-state index in [0.29, 0.717) is 31.4 Å². The van der Waals surface area contributed by atoms with Crippen molar-refractivity contribution in [3.63, 3.8) is 0 Å². The van der Waals surface area contributed by atoms with Gasteiger partial charge in [0, 0.05) is 12.1 Å². The van der Waals surface area contributed by atoms with Crippen LogP contribution in [0.4, 0.5) is 4.39 Å². The molecule has 2 rings (SSSR count). The molecule has 1 atom stereocenters. The lowest BCUT2D eigenvalue weighted by Crippen LogP contribution is -2.52. The summed E-state index contributed by atoms with van der Waals surface area (Å²) in [5, 5.41) is 9.49. The molecule has 0 radical (unpaired) electrons. The van der Waals surface area contributed by atoms with E-state index in [1.807, 2.05) is 0 Å². The number of carbonyl (C=O) groups excluding carboxylic acids is 1. The number of carboxylic acids is 1. The van der Waals surface area contributed by atoms with E-state index in [1.165, 1.54) is 23.1 Å². The lowest BCUT2D eigenvalue weighted by molar-refractivity contribution is -0.148. The highest BCUT2D eigenvalue weighted by atomic mass is 19.1. The molecule has 108 valence electrons. The molecular formula is C15H18FNO3. The van der Waals surface area contributed by atoms with E-state index in [0.717, 1.165) is 0 Å². The van der Waals surface area contributed by atoms with Crippen molar-refractivity contribution in [3.05, 3.63) is 35.1 Å². The third-order valence-electron chi connectivity index (χ3n) is 4.15. The van der Waals surface area contributed by atoms with Crippen LogP contribution in [0.2, 0.25) is 0 Å². The summed E-state index contributed by atoms with van der Waals surface area (Å²) in [7, 11) is 0. The minimum Gasteiger partial charge on any atom is -0.479 e. The average Bonchev–Trinajstić information content (AvgIpc) is 2.85. The van der Waals surface area contributed by atoms with Crippen LogP contribution < -0.4 is 0 Å². The Bertz CT molecular complexity index is 558. The quantitative estimate of drug-likeness (QED) is 0.925. The van der Waals surface area contributed by atoms with Crippen LogP contribution in [-0.4, -0.2) is 34.0 Å².